The molecule has 0 saturated carbocycles. The van der Waals surface area contributed by atoms with E-state index in [1.165, 1.54) is 475 Å². The van der Waals surface area contributed by atoms with Crippen molar-refractivity contribution in [3.63, 3.8) is 0 Å². The summed E-state index contributed by atoms with van der Waals surface area (Å²) in [6.45, 7) is 30.4. The van der Waals surface area contributed by atoms with Gasteiger partial charge in [0, 0.05) is 25.0 Å². The average Bonchev–Trinajstić information content (AvgIpc) is 0.970. The molecule has 1 aliphatic carbocycles. The van der Waals surface area contributed by atoms with Gasteiger partial charge in [-0.2, -0.15) is 0 Å². The zero-order valence-corrected chi connectivity index (χ0v) is 67.4. The van der Waals surface area contributed by atoms with Gasteiger partial charge in [-0.15, -0.1) is 0 Å². The van der Waals surface area contributed by atoms with Crippen LogP contribution >= 0.6 is 0 Å². The lowest BCUT2D eigenvalue weighted by atomic mass is 9.73. The van der Waals surface area contributed by atoms with Gasteiger partial charge in [0.1, 0.15) is 0 Å². The van der Waals surface area contributed by atoms with Crippen molar-refractivity contribution in [2.24, 2.45) is 11.1 Å². The third-order valence-electron chi connectivity index (χ3n) is 22.3. The summed E-state index contributed by atoms with van der Waals surface area (Å²) < 4.78 is 0. The molecule has 6 nitrogen and oxygen atoms in total. The van der Waals surface area contributed by atoms with E-state index in [0.717, 1.165) is 39.1 Å². The Hall–Kier alpha value is -0.760. The van der Waals surface area contributed by atoms with Crippen LogP contribution in [-0.2, 0) is 0 Å². The summed E-state index contributed by atoms with van der Waals surface area (Å²) in [6.07, 6.45) is 96.7. The number of hydrogen-bond donors (Lipinski definition) is 3. The van der Waals surface area contributed by atoms with Gasteiger partial charge in [0.25, 0.3) is 0 Å². The van der Waals surface area contributed by atoms with Crippen LogP contribution in [0.15, 0.2) is 23.3 Å². The van der Waals surface area contributed by atoms with E-state index in [-0.39, 0.29) is 5.41 Å². The van der Waals surface area contributed by atoms with Crippen molar-refractivity contribution < 1.29 is 0 Å². The third-order valence-corrected chi connectivity index (χ3v) is 22.3. The molecular formula is C90H182N6. The first kappa shape index (κ1) is 93.3. The van der Waals surface area contributed by atoms with Crippen molar-refractivity contribution in [1.82, 2.24) is 25.3 Å². The Bertz CT molecular complexity index is 1470. The first-order chi connectivity index (χ1) is 47.5. The van der Waals surface area contributed by atoms with E-state index in [2.05, 4.69) is 79.0 Å². The molecule has 1 atom stereocenters. The van der Waals surface area contributed by atoms with Crippen LogP contribution in [0.25, 0.3) is 0 Å². The molecule has 0 aromatic heterocycles. The first-order valence-corrected chi connectivity index (χ1v) is 45.2. The SMILES string of the molecule is CCCCCCCCCCCCN(CCCCCCCCCCCC)CCCNCC1=CC(CN)(CCCN(CCCCCCCCCCCC)CCCCCCCCCCCC)CC(CNCCCN(CCCCCCCCCCCC)CCCCCCCCCCCC)=C1. The van der Waals surface area contributed by atoms with Crippen LogP contribution < -0.4 is 16.4 Å². The van der Waals surface area contributed by atoms with Gasteiger partial charge in [0.15, 0.2) is 0 Å². The molecule has 0 saturated heterocycles. The predicted octanol–water partition coefficient (Wildman–Crippen LogP) is 27.4. The average molecular weight is 1350 g/mol. The lowest BCUT2D eigenvalue weighted by molar-refractivity contribution is 0.235. The summed E-state index contributed by atoms with van der Waals surface area (Å²) in [7, 11) is 0. The molecule has 0 radical (unpaired) electrons. The largest absolute Gasteiger partial charge is 0.330 e. The number of rotatable bonds is 83. The fourth-order valence-corrected chi connectivity index (χ4v) is 15.8. The molecule has 0 heterocycles. The van der Waals surface area contributed by atoms with E-state index >= 15 is 0 Å². The summed E-state index contributed by atoms with van der Waals surface area (Å²) in [4.78, 5) is 8.64. The summed E-state index contributed by atoms with van der Waals surface area (Å²) in [5, 5.41) is 8.10. The number of nitrogens with zero attached hydrogens (tertiary/aromatic N) is 3. The van der Waals surface area contributed by atoms with E-state index < -0.39 is 0 Å². The minimum absolute atomic E-state index is 0.0461. The Morgan fingerprint density at radius 3 is 0.719 bits per heavy atom. The van der Waals surface area contributed by atoms with Crippen LogP contribution in [0.3, 0.4) is 0 Å². The van der Waals surface area contributed by atoms with Gasteiger partial charge < -0.3 is 31.1 Å². The van der Waals surface area contributed by atoms with E-state index in [1.54, 1.807) is 5.57 Å². The Balaban J connectivity index is 3.14. The molecule has 4 N–H and O–H groups in total. The fourth-order valence-electron chi connectivity index (χ4n) is 15.8. The second-order valence-electron chi connectivity index (χ2n) is 32.0. The maximum absolute atomic E-state index is 7.09. The molecule has 1 rings (SSSR count). The monoisotopic (exact) mass is 1350 g/mol. The van der Waals surface area contributed by atoms with Crippen LogP contribution in [0.1, 0.15) is 459 Å². The highest BCUT2D eigenvalue weighted by atomic mass is 15.1. The summed E-state index contributed by atoms with van der Waals surface area (Å²) in [5.74, 6) is 0. The van der Waals surface area contributed by atoms with E-state index in [0.29, 0.717) is 0 Å². The highest BCUT2D eigenvalue weighted by molar-refractivity contribution is 5.34. The van der Waals surface area contributed by atoms with Crippen molar-refractivity contribution in [2.75, 3.05) is 91.6 Å². The van der Waals surface area contributed by atoms with Gasteiger partial charge in [-0.1, -0.05) is 406 Å². The van der Waals surface area contributed by atoms with Gasteiger partial charge >= 0.3 is 0 Å². The van der Waals surface area contributed by atoms with Gasteiger partial charge in [0.2, 0.25) is 0 Å². The van der Waals surface area contributed by atoms with Crippen molar-refractivity contribution in [3.05, 3.63) is 23.3 Å². The van der Waals surface area contributed by atoms with Crippen LogP contribution in [0.5, 0.6) is 0 Å². The van der Waals surface area contributed by atoms with Gasteiger partial charge in [0.05, 0.1) is 0 Å². The molecular weight excluding hydrogens is 1170 g/mol. The maximum Gasteiger partial charge on any atom is 0.0202 e. The minimum Gasteiger partial charge on any atom is -0.330 e. The normalized spacial score (nSPS) is 14.4. The van der Waals surface area contributed by atoms with E-state index in [1.807, 2.05) is 0 Å². The zero-order valence-electron chi connectivity index (χ0n) is 67.4. The maximum atomic E-state index is 7.09. The van der Waals surface area contributed by atoms with Gasteiger partial charge in [-0.05, 0) is 148 Å². The number of nitrogens with two attached hydrogens (primary N) is 1. The summed E-state index contributed by atoms with van der Waals surface area (Å²) in [6, 6.07) is 0. The molecule has 0 fully saturated rings. The fraction of sp³-hybridized carbons (Fsp3) is 0.956. The second-order valence-corrected chi connectivity index (χ2v) is 32.0. The van der Waals surface area contributed by atoms with Crippen LogP contribution in [-0.4, -0.2) is 106 Å². The Labute approximate surface area is 607 Å². The second kappa shape index (κ2) is 76.9. The minimum atomic E-state index is 0.0461. The smallest absolute Gasteiger partial charge is 0.0202 e. The Morgan fingerprint density at radius 2 is 0.479 bits per heavy atom. The zero-order chi connectivity index (χ0) is 69.1. The van der Waals surface area contributed by atoms with Crippen molar-refractivity contribution in [3.8, 4) is 0 Å². The van der Waals surface area contributed by atoms with Crippen molar-refractivity contribution >= 4 is 0 Å². The highest BCUT2D eigenvalue weighted by Crippen LogP contribution is 2.38. The van der Waals surface area contributed by atoms with E-state index in [9.17, 15) is 0 Å². The molecule has 0 bridgehead atoms. The molecule has 572 valence electrons. The topological polar surface area (TPSA) is 59.8 Å². The lowest BCUT2D eigenvalue weighted by Gasteiger charge is -2.36. The molecule has 0 aromatic rings. The van der Waals surface area contributed by atoms with Crippen molar-refractivity contribution in [1.29, 1.82) is 0 Å². The molecule has 0 spiro atoms. The molecule has 1 aliphatic rings. The highest BCUT2D eigenvalue weighted by Gasteiger charge is 2.31. The quantitative estimate of drug-likeness (QED) is 0.0528. The number of nitrogens with one attached hydrogen (secondary N) is 2. The lowest BCUT2D eigenvalue weighted by Crippen LogP contribution is -2.36. The predicted molar refractivity (Wildman–Crippen MR) is 437 cm³/mol. The number of unbranched alkanes of at least 4 members (excludes halogenated alkanes) is 54. The molecule has 0 amide bonds. The van der Waals surface area contributed by atoms with Crippen LogP contribution in [0.2, 0.25) is 0 Å². The first-order valence-electron chi connectivity index (χ1n) is 45.2. The summed E-state index contributed by atoms with van der Waals surface area (Å²) >= 11 is 0. The molecule has 0 aliphatic heterocycles. The van der Waals surface area contributed by atoms with E-state index in [4.69, 9.17) is 5.73 Å². The standard InChI is InChI=1S/C90H182N6/c1-7-13-19-25-31-37-43-49-55-61-73-94(74-62-56-50-44-38-32-26-20-14-8-2)79-67-70-90(87-91)83-88(85-92-71-68-80-95(75-63-57-51-45-39-33-27-21-15-9-3)76-64-58-52-46-40-34-28-22-16-10-4)82-89(84-90)86-93-72-69-81-96(77-65-59-53-47-41-35-29-23-17-11-5)78-66-60-54-48-42-36-30-24-18-12-6/h82-83,92-93H,7-81,84-87,91H2,1-6H3. The summed E-state index contributed by atoms with van der Waals surface area (Å²) in [5.41, 5.74) is 10.2. The van der Waals surface area contributed by atoms with Crippen LogP contribution in [0.4, 0.5) is 0 Å². The molecule has 0 aromatic carbocycles. The molecule has 96 heavy (non-hydrogen) atoms. The third kappa shape index (κ3) is 64.1. The van der Waals surface area contributed by atoms with Crippen molar-refractivity contribution in [2.45, 2.75) is 459 Å². The number of hydrogen-bond acceptors (Lipinski definition) is 6. The van der Waals surface area contributed by atoms with Crippen LogP contribution in [0, 0.1) is 5.41 Å². The molecule has 6 heteroatoms. The molecule has 1 unspecified atom stereocenters. The Morgan fingerprint density at radius 1 is 0.271 bits per heavy atom. The van der Waals surface area contributed by atoms with Gasteiger partial charge in [-0.25, -0.2) is 0 Å². The Kier molecular flexibility index (Phi) is 74.7. The van der Waals surface area contributed by atoms with Gasteiger partial charge in [-0.3, -0.25) is 0 Å².